The molecule has 5 aromatic rings. The van der Waals surface area contributed by atoms with Crippen LogP contribution in [0.15, 0.2) is 53.6 Å². The van der Waals surface area contributed by atoms with Gasteiger partial charge in [0.2, 0.25) is 11.5 Å². The van der Waals surface area contributed by atoms with Crippen LogP contribution < -0.4 is 0 Å². The Kier molecular flexibility index (Phi) is 5.55. The van der Waals surface area contributed by atoms with Crippen molar-refractivity contribution in [2.24, 2.45) is 7.05 Å². The number of fused-ring (bicyclic) bond motifs is 1. The van der Waals surface area contributed by atoms with E-state index in [2.05, 4.69) is 25.2 Å². The molecule has 1 N–H and O–H groups in total. The number of benzene rings is 1. The summed E-state index contributed by atoms with van der Waals surface area (Å²) in [6.45, 7) is 5.98. The third kappa shape index (κ3) is 4.49. The molecule has 0 aliphatic heterocycles. The Morgan fingerprint density at radius 1 is 1.14 bits per heavy atom. The lowest BCUT2D eigenvalue weighted by Crippen LogP contribution is -2.11. The molecule has 0 unspecified atom stereocenters. The molecule has 178 valence electrons. The highest BCUT2D eigenvalue weighted by molar-refractivity contribution is 5.94. The fourth-order valence-corrected chi connectivity index (χ4v) is 3.91. The van der Waals surface area contributed by atoms with E-state index < -0.39 is 5.82 Å². The van der Waals surface area contributed by atoms with Crippen LogP contribution in [0.4, 0.5) is 4.39 Å². The summed E-state index contributed by atoms with van der Waals surface area (Å²) in [6.07, 6.45) is 5.49. The van der Waals surface area contributed by atoms with E-state index in [4.69, 9.17) is 4.52 Å². The summed E-state index contributed by atoms with van der Waals surface area (Å²) in [5.74, 6) is -0.394. The molecule has 9 heteroatoms. The molecule has 4 heterocycles. The second-order valence-electron chi connectivity index (χ2n) is 9.63. The van der Waals surface area contributed by atoms with Crippen molar-refractivity contribution >= 4 is 16.8 Å². The van der Waals surface area contributed by atoms with Crippen LogP contribution in [0.3, 0.4) is 0 Å². The Bertz CT molecular complexity index is 1540. The van der Waals surface area contributed by atoms with Gasteiger partial charge >= 0.3 is 0 Å². The lowest BCUT2D eigenvalue weighted by Gasteiger charge is -2.12. The molecule has 0 saturated heterocycles. The fourth-order valence-electron chi connectivity index (χ4n) is 3.91. The molecule has 0 aliphatic carbocycles. The maximum Gasteiger partial charge on any atom is 0.202 e. The number of carbonyl (C=O) groups is 1. The van der Waals surface area contributed by atoms with Crippen LogP contribution in [0.5, 0.6) is 0 Å². The molecule has 0 fully saturated rings. The average molecular weight is 473 g/mol. The molecule has 4 aromatic heterocycles. The molecule has 0 amide bonds. The summed E-state index contributed by atoms with van der Waals surface area (Å²) in [5, 5.41) is 8.97. The highest BCUT2D eigenvalue weighted by Crippen LogP contribution is 2.31. The summed E-state index contributed by atoms with van der Waals surface area (Å²) in [6, 6.07) is 8.56. The normalized spacial score (nSPS) is 11.9. The molecule has 0 aliphatic rings. The number of hydrogen-bond donors (Lipinski definition) is 1. The van der Waals surface area contributed by atoms with Gasteiger partial charge in [-0.3, -0.25) is 9.48 Å². The molecular formula is C26H25FN6O2. The predicted octanol–water partition coefficient (Wildman–Crippen LogP) is 5.27. The molecule has 0 radical (unpaired) electrons. The second kappa shape index (κ2) is 8.57. The number of aromatic nitrogens is 6. The highest BCUT2D eigenvalue weighted by Gasteiger charge is 2.22. The van der Waals surface area contributed by atoms with E-state index in [0.717, 1.165) is 16.6 Å². The van der Waals surface area contributed by atoms with Crippen molar-refractivity contribution < 1.29 is 13.7 Å². The third-order valence-corrected chi connectivity index (χ3v) is 5.94. The number of nitrogens with zero attached hydrogens (tertiary/aromatic N) is 5. The smallest absolute Gasteiger partial charge is 0.202 e. The van der Waals surface area contributed by atoms with Gasteiger partial charge in [-0.1, -0.05) is 38.1 Å². The molecule has 0 bridgehead atoms. The number of Topliss-reactive ketones (excluding diaryl/α,β-unsaturated/α-hetero) is 1. The van der Waals surface area contributed by atoms with Gasteiger partial charge in [-0.05, 0) is 24.1 Å². The van der Waals surface area contributed by atoms with Gasteiger partial charge in [0.25, 0.3) is 0 Å². The van der Waals surface area contributed by atoms with Crippen LogP contribution in [0.1, 0.15) is 49.0 Å². The van der Waals surface area contributed by atoms with Gasteiger partial charge in [0.15, 0.2) is 0 Å². The van der Waals surface area contributed by atoms with Gasteiger partial charge in [0.1, 0.15) is 17.8 Å². The second-order valence-corrected chi connectivity index (χ2v) is 9.63. The van der Waals surface area contributed by atoms with Crippen molar-refractivity contribution in [3.63, 3.8) is 0 Å². The Balaban J connectivity index is 1.36. The topological polar surface area (TPSA) is 102 Å². The summed E-state index contributed by atoms with van der Waals surface area (Å²) in [5.41, 5.74) is 4.64. The minimum atomic E-state index is -0.391. The number of aryl methyl sites for hydroxylation is 2. The number of H-pyrrole nitrogens is 1. The Hall–Kier alpha value is -4.14. The number of nitrogens with one attached hydrogen (secondary N) is 1. The molecule has 0 atom stereocenters. The van der Waals surface area contributed by atoms with E-state index in [1.807, 2.05) is 46.1 Å². The first-order valence-corrected chi connectivity index (χ1v) is 11.3. The SMILES string of the molecule is Cn1cc(-c2cc3c(-c4ccc(CCC(=O)c5cc(C(C)(C)C)no5)c(F)c4)ncnc3[nH]2)cn1. The number of halogens is 1. The molecular weight excluding hydrogens is 447 g/mol. The fraction of sp³-hybridized carbons (Fsp3) is 0.269. The van der Waals surface area contributed by atoms with Crippen LogP contribution in [0.2, 0.25) is 0 Å². The number of carbonyl (C=O) groups excluding carboxylic acids is 1. The van der Waals surface area contributed by atoms with E-state index in [0.29, 0.717) is 28.2 Å². The van der Waals surface area contributed by atoms with E-state index >= 15 is 4.39 Å². The van der Waals surface area contributed by atoms with Crippen molar-refractivity contribution in [2.75, 3.05) is 0 Å². The predicted molar refractivity (Wildman–Crippen MR) is 129 cm³/mol. The zero-order chi connectivity index (χ0) is 24.7. The summed E-state index contributed by atoms with van der Waals surface area (Å²) < 4.78 is 21.9. The van der Waals surface area contributed by atoms with Crippen molar-refractivity contribution in [2.45, 2.75) is 39.0 Å². The summed E-state index contributed by atoms with van der Waals surface area (Å²) >= 11 is 0. The van der Waals surface area contributed by atoms with Crippen LogP contribution in [0, 0.1) is 5.82 Å². The zero-order valence-electron chi connectivity index (χ0n) is 20.0. The zero-order valence-corrected chi connectivity index (χ0v) is 20.0. The van der Waals surface area contributed by atoms with Crippen molar-refractivity contribution in [3.05, 3.63) is 71.9 Å². The Labute approximate surface area is 201 Å². The third-order valence-electron chi connectivity index (χ3n) is 5.94. The van der Waals surface area contributed by atoms with E-state index in [1.165, 1.54) is 12.4 Å². The minimum Gasteiger partial charge on any atom is -0.353 e. The lowest BCUT2D eigenvalue weighted by molar-refractivity contribution is 0.0946. The Morgan fingerprint density at radius 2 is 1.97 bits per heavy atom. The summed E-state index contributed by atoms with van der Waals surface area (Å²) in [7, 11) is 1.85. The first kappa shape index (κ1) is 22.6. The maximum absolute atomic E-state index is 15.0. The lowest BCUT2D eigenvalue weighted by atomic mass is 9.92. The van der Waals surface area contributed by atoms with Crippen molar-refractivity contribution in [1.29, 1.82) is 0 Å². The molecule has 0 spiro atoms. The first-order valence-electron chi connectivity index (χ1n) is 11.3. The number of hydrogen-bond acceptors (Lipinski definition) is 6. The van der Waals surface area contributed by atoms with Crippen LogP contribution in [0.25, 0.3) is 33.5 Å². The molecule has 5 rings (SSSR count). The highest BCUT2D eigenvalue weighted by atomic mass is 19.1. The van der Waals surface area contributed by atoms with Crippen LogP contribution in [-0.2, 0) is 18.9 Å². The minimum absolute atomic E-state index is 0.124. The standard InChI is InChI=1S/C26H25FN6O2/c1-26(2,3)23-11-22(35-32-23)21(34)8-7-15-5-6-16(9-19(15)27)24-18-10-20(17-12-30-33(4)13-17)31-25(18)29-14-28-24/h5-6,9-14H,7-8H2,1-4H3,(H,28,29,31). The average Bonchev–Trinajstić information content (AvgIpc) is 3.56. The van der Waals surface area contributed by atoms with Crippen molar-refractivity contribution in [3.8, 4) is 22.5 Å². The van der Waals surface area contributed by atoms with Crippen LogP contribution in [-0.4, -0.2) is 35.7 Å². The number of ketones is 1. The molecule has 35 heavy (non-hydrogen) atoms. The van der Waals surface area contributed by atoms with Gasteiger partial charge < -0.3 is 9.51 Å². The van der Waals surface area contributed by atoms with Gasteiger partial charge in [0.05, 0.1) is 23.3 Å². The van der Waals surface area contributed by atoms with E-state index in [-0.39, 0.29) is 29.8 Å². The van der Waals surface area contributed by atoms with Crippen molar-refractivity contribution in [1.82, 2.24) is 29.9 Å². The van der Waals surface area contributed by atoms with Gasteiger partial charge in [0, 0.05) is 47.7 Å². The van der Waals surface area contributed by atoms with Gasteiger partial charge in [-0.15, -0.1) is 0 Å². The van der Waals surface area contributed by atoms with E-state index in [1.54, 1.807) is 23.0 Å². The monoisotopic (exact) mass is 472 g/mol. The maximum atomic E-state index is 15.0. The molecule has 0 saturated carbocycles. The number of rotatable bonds is 6. The Morgan fingerprint density at radius 3 is 2.66 bits per heavy atom. The summed E-state index contributed by atoms with van der Waals surface area (Å²) in [4.78, 5) is 24.5. The molecule has 1 aromatic carbocycles. The van der Waals surface area contributed by atoms with Gasteiger partial charge in [-0.25, -0.2) is 14.4 Å². The largest absolute Gasteiger partial charge is 0.353 e. The van der Waals surface area contributed by atoms with Crippen LogP contribution >= 0.6 is 0 Å². The number of aromatic amines is 1. The molecule has 8 nitrogen and oxygen atoms in total. The quantitative estimate of drug-likeness (QED) is 0.338. The van der Waals surface area contributed by atoms with E-state index in [9.17, 15) is 4.79 Å². The van der Waals surface area contributed by atoms with Gasteiger partial charge in [-0.2, -0.15) is 5.10 Å². The first-order chi connectivity index (χ1) is 16.7.